The number of nitro groups is 1. The van der Waals surface area contributed by atoms with E-state index in [0.717, 1.165) is 0 Å². The Hall–Kier alpha value is -2.52. The number of methoxy groups -OCH3 is 1. The molecule has 128 valence electrons. The number of benzene rings is 1. The fraction of sp³-hybridized carbons (Fsp3) is 0.333. The lowest BCUT2D eigenvalue weighted by Gasteiger charge is -2.29. The number of nitrogens with one attached hydrogen (secondary N) is 2. The lowest BCUT2D eigenvalue weighted by atomic mass is 9.94. The smallest absolute Gasteiger partial charge is 0.338 e. The second-order valence-electron chi connectivity index (χ2n) is 5.01. The van der Waals surface area contributed by atoms with Crippen molar-refractivity contribution in [3.8, 4) is 0 Å². The summed E-state index contributed by atoms with van der Waals surface area (Å²) in [5.74, 6) is -0.588. The number of esters is 1. The van der Waals surface area contributed by atoms with E-state index in [4.69, 9.17) is 21.7 Å². The first-order valence-corrected chi connectivity index (χ1v) is 7.54. The van der Waals surface area contributed by atoms with Gasteiger partial charge in [0.1, 0.15) is 6.61 Å². The van der Waals surface area contributed by atoms with Crippen molar-refractivity contribution in [2.75, 3.05) is 20.3 Å². The summed E-state index contributed by atoms with van der Waals surface area (Å²) in [7, 11) is 1.50. The van der Waals surface area contributed by atoms with Gasteiger partial charge in [0, 0.05) is 18.9 Å². The largest absolute Gasteiger partial charge is 0.460 e. The molecule has 24 heavy (non-hydrogen) atoms. The molecular formula is C15H17N3O5S. The van der Waals surface area contributed by atoms with Gasteiger partial charge in [-0.15, -0.1) is 0 Å². The summed E-state index contributed by atoms with van der Waals surface area (Å²) in [5.41, 5.74) is 0.970. The molecule has 0 fully saturated rings. The average molecular weight is 351 g/mol. The molecule has 0 saturated heterocycles. The van der Waals surface area contributed by atoms with E-state index in [2.05, 4.69) is 10.6 Å². The highest BCUT2D eigenvalue weighted by Gasteiger charge is 2.34. The van der Waals surface area contributed by atoms with Gasteiger partial charge in [0.2, 0.25) is 0 Å². The van der Waals surface area contributed by atoms with Gasteiger partial charge in [0.25, 0.3) is 5.69 Å². The number of hydrogen-bond acceptors (Lipinski definition) is 6. The van der Waals surface area contributed by atoms with E-state index in [1.54, 1.807) is 25.1 Å². The van der Waals surface area contributed by atoms with Gasteiger partial charge in [-0.1, -0.05) is 12.1 Å². The molecular weight excluding hydrogens is 334 g/mol. The normalized spacial score (nSPS) is 17.1. The predicted octanol–water partition coefficient (Wildman–Crippen LogP) is 1.58. The van der Waals surface area contributed by atoms with Gasteiger partial charge in [-0.25, -0.2) is 4.79 Å². The summed E-state index contributed by atoms with van der Waals surface area (Å²) >= 11 is 5.12. The van der Waals surface area contributed by atoms with E-state index in [0.29, 0.717) is 11.3 Å². The minimum Gasteiger partial charge on any atom is -0.460 e. The Bertz CT molecular complexity index is 704. The molecule has 0 aromatic heterocycles. The fourth-order valence-electron chi connectivity index (χ4n) is 2.39. The van der Waals surface area contributed by atoms with Crippen LogP contribution in [0.1, 0.15) is 18.5 Å². The molecule has 9 heteroatoms. The number of nitrogens with zero attached hydrogens (tertiary/aromatic N) is 1. The van der Waals surface area contributed by atoms with Gasteiger partial charge < -0.3 is 20.1 Å². The molecule has 1 aromatic carbocycles. The van der Waals surface area contributed by atoms with Gasteiger partial charge in [-0.05, 0) is 25.2 Å². The molecule has 1 aromatic rings. The number of carbonyl (C=O) groups excluding carboxylic acids is 1. The Kier molecular flexibility index (Phi) is 5.83. The average Bonchev–Trinajstić information content (AvgIpc) is 2.54. The lowest BCUT2D eigenvalue weighted by molar-refractivity contribution is -0.385. The third-order valence-corrected chi connectivity index (χ3v) is 3.67. The van der Waals surface area contributed by atoms with Crippen molar-refractivity contribution in [1.82, 2.24) is 10.6 Å². The van der Waals surface area contributed by atoms with Crippen molar-refractivity contribution in [1.29, 1.82) is 0 Å². The van der Waals surface area contributed by atoms with Crippen molar-refractivity contribution in [2.24, 2.45) is 0 Å². The van der Waals surface area contributed by atoms with Crippen LogP contribution in [0.4, 0.5) is 5.69 Å². The third kappa shape index (κ3) is 3.87. The summed E-state index contributed by atoms with van der Waals surface area (Å²) in [6.07, 6.45) is 0. The minimum absolute atomic E-state index is 0.0835. The Labute approximate surface area is 144 Å². The van der Waals surface area contributed by atoms with E-state index < -0.39 is 16.9 Å². The van der Waals surface area contributed by atoms with Crippen LogP contribution >= 0.6 is 12.2 Å². The summed E-state index contributed by atoms with van der Waals surface area (Å²) in [5, 5.41) is 17.3. The number of rotatable bonds is 6. The van der Waals surface area contributed by atoms with Crippen LogP contribution < -0.4 is 10.6 Å². The molecule has 2 rings (SSSR count). The second kappa shape index (κ2) is 7.84. The number of carbonyl (C=O) groups is 1. The van der Waals surface area contributed by atoms with Crippen LogP contribution in [-0.4, -0.2) is 36.3 Å². The van der Waals surface area contributed by atoms with Crippen LogP contribution in [0, 0.1) is 10.1 Å². The van der Waals surface area contributed by atoms with Crippen molar-refractivity contribution in [2.45, 2.75) is 13.0 Å². The van der Waals surface area contributed by atoms with Gasteiger partial charge in [0.05, 0.1) is 28.7 Å². The SMILES string of the molecule is COCCOC(=O)C1=C(C)NC(=S)NC1c1ccccc1[N+](=O)[O-]. The van der Waals surface area contributed by atoms with Crippen LogP contribution in [-0.2, 0) is 14.3 Å². The molecule has 0 saturated carbocycles. The predicted molar refractivity (Wildman–Crippen MR) is 90.2 cm³/mol. The molecule has 1 aliphatic heterocycles. The number of para-hydroxylation sites is 1. The molecule has 2 N–H and O–H groups in total. The van der Waals surface area contributed by atoms with E-state index in [1.807, 2.05) is 0 Å². The highest BCUT2D eigenvalue weighted by atomic mass is 32.1. The molecule has 0 radical (unpaired) electrons. The van der Waals surface area contributed by atoms with E-state index >= 15 is 0 Å². The zero-order chi connectivity index (χ0) is 17.7. The molecule has 8 nitrogen and oxygen atoms in total. The Morgan fingerprint density at radius 1 is 1.38 bits per heavy atom. The van der Waals surface area contributed by atoms with Crippen LogP contribution in [0.5, 0.6) is 0 Å². The number of ether oxygens (including phenoxy) is 2. The van der Waals surface area contributed by atoms with Crippen molar-refractivity contribution in [3.63, 3.8) is 0 Å². The molecule has 0 bridgehead atoms. The maximum atomic E-state index is 12.4. The topological polar surface area (TPSA) is 103 Å². The number of thiocarbonyl (C=S) groups is 1. The van der Waals surface area contributed by atoms with Gasteiger partial charge >= 0.3 is 5.97 Å². The van der Waals surface area contributed by atoms with Crippen LogP contribution in [0.15, 0.2) is 35.5 Å². The first kappa shape index (κ1) is 17.8. The van der Waals surface area contributed by atoms with Gasteiger partial charge in [-0.2, -0.15) is 0 Å². The van der Waals surface area contributed by atoms with Crippen LogP contribution in [0.3, 0.4) is 0 Å². The Morgan fingerprint density at radius 3 is 2.75 bits per heavy atom. The summed E-state index contributed by atoms with van der Waals surface area (Å²) in [6.45, 7) is 2.01. The van der Waals surface area contributed by atoms with Crippen molar-refractivity contribution >= 4 is 29.0 Å². The maximum Gasteiger partial charge on any atom is 0.338 e. The van der Waals surface area contributed by atoms with E-state index in [1.165, 1.54) is 13.2 Å². The van der Waals surface area contributed by atoms with Crippen LogP contribution in [0.2, 0.25) is 0 Å². The standard InChI is InChI=1S/C15H17N3O5S/c1-9-12(14(19)23-8-7-22-2)13(17-15(24)16-9)10-5-3-4-6-11(10)18(20)21/h3-6,13H,7-8H2,1-2H3,(H2,16,17,24). The quantitative estimate of drug-likeness (QED) is 0.262. The first-order chi connectivity index (χ1) is 11.5. The molecule has 1 unspecified atom stereocenters. The molecule has 0 spiro atoms. The monoisotopic (exact) mass is 351 g/mol. The van der Waals surface area contributed by atoms with Crippen LogP contribution in [0.25, 0.3) is 0 Å². The van der Waals surface area contributed by atoms with Crippen molar-refractivity contribution < 1.29 is 19.2 Å². The highest BCUT2D eigenvalue weighted by molar-refractivity contribution is 7.80. The van der Waals surface area contributed by atoms with Gasteiger partial charge in [0.15, 0.2) is 5.11 Å². The maximum absolute atomic E-state index is 12.4. The lowest BCUT2D eigenvalue weighted by Crippen LogP contribution is -2.45. The molecule has 1 aliphatic rings. The minimum atomic E-state index is -0.768. The molecule has 0 aliphatic carbocycles. The number of nitro benzene ring substituents is 1. The number of hydrogen-bond donors (Lipinski definition) is 2. The van der Waals surface area contributed by atoms with E-state index in [-0.39, 0.29) is 29.6 Å². The molecule has 0 amide bonds. The Balaban J connectivity index is 2.42. The second-order valence-corrected chi connectivity index (χ2v) is 5.42. The van der Waals surface area contributed by atoms with Gasteiger partial charge in [-0.3, -0.25) is 10.1 Å². The number of allylic oxidation sites excluding steroid dienone is 1. The molecule has 1 atom stereocenters. The summed E-state index contributed by atoms with van der Waals surface area (Å²) in [6, 6.07) is 5.42. The highest BCUT2D eigenvalue weighted by Crippen LogP contribution is 2.33. The zero-order valence-corrected chi connectivity index (χ0v) is 14.0. The first-order valence-electron chi connectivity index (χ1n) is 7.13. The molecule has 1 heterocycles. The zero-order valence-electron chi connectivity index (χ0n) is 13.2. The van der Waals surface area contributed by atoms with Crippen molar-refractivity contribution in [3.05, 3.63) is 51.2 Å². The fourth-order valence-corrected chi connectivity index (χ4v) is 2.66. The summed E-state index contributed by atoms with van der Waals surface area (Å²) < 4.78 is 10.0. The Morgan fingerprint density at radius 2 is 2.08 bits per heavy atom. The van der Waals surface area contributed by atoms with E-state index in [9.17, 15) is 14.9 Å². The third-order valence-electron chi connectivity index (χ3n) is 3.45. The summed E-state index contributed by atoms with van der Waals surface area (Å²) in [4.78, 5) is 23.2.